The summed E-state index contributed by atoms with van der Waals surface area (Å²) in [5.74, 6) is -1.05. The zero-order valence-corrected chi connectivity index (χ0v) is 17.4. The van der Waals surface area contributed by atoms with Crippen LogP contribution in [0.2, 0.25) is 0 Å². The number of hydrogen-bond donors (Lipinski definition) is 2. The molecular formula is C25H23N3O3. The van der Waals surface area contributed by atoms with Gasteiger partial charge in [0.25, 0.3) is 5.91 Å². The van der Waals surface area contributed by atoms with Crippen molar-refractivity contribution < 1.29 is 14.7 Å². The summed E-state index contributed by atoms with van der Waals surface area (Å²) >= 11 is 0. The topological polar surface area (TPSA) is 84.2 Å². The van der Waals surface area contributed by atoms with Crippen LogP contribution in [0.1, 0.15) is 32.9 Å². The Morgan fingerprint density at radius 1 is 0.968 bits per heavy atom. The average molecular weight is 413 g/mol. The Labute approximate surface area is 180 Å². The number of hydrogen-bond acceptors (Lipinski definition) is 3. The largest absolute Gasteiger partial charge is 0.481 e. The van der Waals surface area contributed by atoms with Gasteiger partial charge in [-0.05, 0) is 60.0 Å². The number of rotatable bonds is 6. The maximum absolute atomic E-state index is 12.6. The van der Waals surface area contributed by atoms with Crippen molar-refractivity contribution in [2.24, 2.45) is 0 Å². The first-order valence-electron chi connectivity index (χ1n) is 10.0. The zero-order chi connectivity index (χ0) is 22.0. The van der Waals surface area contributed by atoms with E-state index in [4.69, 9.17) is 5.11 Å². The van der Waals surface area contributed by atoms with Crippen LogP contribution in [0.25, 0.3) is 10.8 Å². The number of aliphatic carboxylic acids is 1. The molecule has 0 saturated heterocycles. The molecule has 0 atom stereocenters. The number of carbonyl (C=O) groups excluding carboxylic acids is 1. The van der Waals surface area contributed by atoms with Gasteiger partial charge in [-0.1, -0.05) is 42.5 Å². The van der Waals surface area contributed by atoms with Gasteiger partial charge < -0.3 is 10.4 Å². The molecule has 0 saturated carbocycles. The predicted octanol–water partition coefficient (Wildman–Crippen LogP) is 4.58. The summed E-state index contributed by atoms with van der Waals surface area (Å²) in [5.41, 5.74) is 4.77. The first-order valence-corrected chi connectivity index (χ1v) is 10.0. The number of carbonyl (C=O) groups is 2. The third-order valence-corrected chi connectivity index (χ3v) is 5.48. The van der Waals surface area contributed by atoms with E-state index in [1.807, 2.05) is 85.3 Å². The molecule has 1 aromatic heterocycles. The number of carboxylic acids is 1. The maximum atomic E-state index is 12.6. The second-order valence-corrected chi connectivity index (χ2v) is 7.60. The van der Waals surface area contributed by atoms with Crippen LogP contribution in [-0.4, -0.2) is 26.8 Å². The number of nitrogens with zero attached hydrogens (tertiary/aromatic N) is 2. The normalized spacial score (nSPS) is 10.9. The Morgan fingerprint density at radius 3 is 2.39 bits per heavy atom. The minimum Gasteiger partial charge on any atom is -0.481 e. The molecule has 0 spiro atoms. The number of carboxylic acid groups (broad SMARTS) is 1. The number of amides is 1. The SMILES string of the molecule is Cc1c(CC(=O)O)nn(Cc2ccc(NC(=O)c3ccc4ccccc4c3)cc2)c1C. The number of nitrogens with one attached hydrogen (secondary N) is 1. The van der Waals surface area contributed by atoms with Crippen molar-refractivity contribution in [3.8, 4) is 0 Å². The van der Waals surface area contributed by atoms with Gasteiger partial charge in [0.15, 0.2) is 0 Å². The van der Waals surface area contributed by atoms with Crippen LogP contribution in [-0.2, 0) is 17.8 Å². The average Bonchev–Trinajstić information content (AvgIpc) is 3.02. The van der Waals surface area contributed by atoms with E-state index in [-0.39, 0.29) is 12.3 Å². The molecular weight excluding hydrogens is 390 g/mol. The highest BCUT2D eigenvalue weighted by molar-refractivity contribution is 6.06. The van der Waals surface area contributed by atoms with Gasteiger partial charge in [0.05, 0.1) is 18.7 Å². The highest BCUT2D eigenvalue weighted by Crippen LogP contribution is 2.19. The number of benzene rings is 3. The van der Waals surface area contributed by atoms with Gasteiger partial charge in [0.1, 0.15) is 0 Å². The van der Waals surface area contributed by atoms with Crippen LogP contribution in [0.4, 0.5) is 5.69 Å². The minimum atomic E-state index is -0.890. The van der Waals surface area contributed by atoms with Gasteiger partial charge in [-0.15, -0.1) is 0 Å². The highest BCUT2D eigenvalue weighted by atomic mass is 16.4. The lowest BCUT2D eigenvalue weighted by Gasteiger charge is -2.09. The molecule has 2 N–H and O–H groups in total. The standard InChI is InChI=1S/C25H23N3O3/c1-16-17(2)28(27-23(16)14-24(29)30)15-18-7-11-22(12-8-18)26-25(31)21-10-9-19-5-3-4-6-20(19)13-21/h3-13H,14-15H2,1-2H3,(H,26,31)(H,29,30). The van der Waals surface area contributed by atoms with Gasteiger partial charge in [0, 0.05) is 16.9 Å². The molecule has 31 heavy (non-hydrogen) atoms. The third-order valence-electron chi connectivity index (χ3n) is 5.48. The van der Waals surface area contributed by atoms with E-state index in [9.17, 15) is 9.59 Å². The molecule has 0 fully saturated rings. The first-order chi connectivity index (χ1) is 14.9. The molecule has 6 nitrogen and oxygen atoms in total. The van der Waals surface area contributed by atoms with Crippen molar-refractivity contribution >= 4 is 28.3 Å². The zero-order valence-electron chi connectivity index (χ0n) is 17.4. The summed E-state index contributed by atoms with van der Waals surface area (Å²) in [7, 11) is 0. The lowest BCUT2D eigenvalue weighted by atomic mass is 10.1. The molecule has 6 heteroatoms. The van der Waals surface area contributed by atoms with Crippen molar-refractivity contribution in [3.63, 3.8) is 0 Å². The molecule has 156 valence electrons. The van der Waals surface area contributed by atoms with Crippen molar-refractivity contribution in [1.29, 1.82) is 0 Å². The van der Waals surface area contributed by atoms with E-state index in [1.165, 1.54) is 0 Å². The van der Waals surface area contributed by atoms with Gasteiger partial charge in [0.2, 0.25) is 0 Å². The summed E-state index contributed by atoms with van der Waals surface area (Å²) in [6.45, 7) is 4.36. The van der Waals surface area contributed by atoms with E-state index >= 15 is 0 Å². The van der Waals surface area contributed by atoms with Gasteiger partial charge >= 0.3 is 5.97 Å². The lowest BCUT2D eigenvalue weighted by molar-refractivity contribution is -0.136. The van der Waals surface area contributed by atoms with Crippen molar-refractivity contribution in [1.82, 2.24) is 9.78 Å². The predicted molar refractivity (Wildman–Crippen MR) is 120 cm³/mol. The highest BCUT2D eigenvalue weighted by Gasteiger charge is 2.14. The van der Waals surface area contributed by atoms with E-state index in [0.29, 0.717) is 23.5 Å². The molecule has 1 amide bonds. The van der Waals surface area contributed by atoms with E-state index in [1.54, 1.807) is 0 Å². The fraction of sp³-hybridized carbons (Fsp3) is 0.160. The summed E-state index contributed by atoms with van der Waals surface area (Å²) in [6.07, 6.45) is -0.0839. The molecule has 4 aromatic rings. The first kappa shape index (κ1) is 20.3. The van der Waals surface area contributed by atoms with E-state index < -0.39 is 5.97 Å². The summed E-state index contributed by atoms with van der Waals surface area (Å²) in [6, 6.07) is 21.2. The molecule has 0 aliphatic rings. The number of fused-ring (bicyclic) bond motifs is 1. The Morgan fingerprint density at radius 2 is 1.68 bits per heavy atom. The monoisotopic (exact) mass is 413 g/mol. The van der Waals surface area contributed by atoms with Gasteiger partial charge in [-0.3, -0.25) is 14.3 Å². The van der Waals surface area contributed by atoms with Crippen LogP contribution in [0.3, 0.4) is 0 Å². The van der Waals surface area contributed by atoms with Crippen LogP contribution >= 0.6 is 0 Å². The van der Waals surface area contributed by atoms with Crippen LogP contribution in [0.5, 0.6) is 0 Å². The van der Waals surface area contributed by atoms with Crippen molar-refractivity contribution in [3.05, 3.63) is 94.8 Å². The van der Waals surface area contributed by atoms with Crippen LogP contribution in [0.15, 0.2) is 66.7 Å². The third kappa shape index (κ3) is 4.48. The maximum Gasteiger partial charge on any atom is 0.309 e. The van der Waals surface area contributed by atoms with Crippen LogP contribution < -0.4 is 5.32 Å². The lowest BCUT2D eigenvalue weighted by Crippen LogP contribution is -2.12. The van der Waals surface area contributed by atoms with Gasteiger partial charge in [-0.2, -0.15) is 5.10 Å². The molecule has 0 aliphatic carbocycles. The molecule has 3 aromatic carbocycles. The Kier molecular flexibility index (Phi) is 5.54. The fourth-order valence-electron chi connectivity index (χ4n) is 3.56. The van der Waals surface area contributed by atoms with Gasteiger partial charge in [-0.25, -0.2) is 0 Å². The smallest absolute Gasteiger partial charge is 0.309 e. The molecule has 0 bridgehead atoms. The fourth-order valence-corrected chi connectivity index (χ4v) is 3.56. The number of anilines is 1. The van der Waals surface area contributed by atoms with Crippen molar-refractivity contribution in [2.45, 2.75) is 26.8 Å². The number of aromatic nitrogens is 2. The van der Waals surface area contributed by atoms with Crippen molar-refractivity contribution in [2.75, 3.05) is 5.32 Å². The Hall–Kier alpha value is -3.93. The van der Waals surface area contributed by atoms with E-state index in [2.05, 4.69) is 10.4 Å². The quantitative estimate of drug-likeness (QED) is 0.485. The Bertz CT molecular complexity index is 1270. The molecule has 4 rings (SSSR count). The molecule has 0 aliphatic heterocycles. The molecule has 0 unspecified atom stereocenters. The second-order valence-electron chi connectivity index (χ2n) is 7.60. The summed E-state index contributed by atoms with van der Waals surface area (Å²) in [5, 5.41) is 18.5. The Balaban J connectivity index is 1.45. The molecule has 0 radical (unpaired) electrons. The second kappa shape index (κ2) is 8.44. The molecule has 1 heterocycles. The summed E-state index contributed by atoms with van der Waals surface area (Å²) in [4.78, 5) is 23.6. The van der Waals surface area contributed by atoms with E-state index in [0.717, 1.165) is 27.6 Å². The van der Waals surface area contributed by atoms with Crippen LogP contribution in [0, 0.1) is 13.8 Å². The summed E-state index contributed by atoms with van der Waals surface area (Å²) < 4.78 is 1.82. The minimum absolute atomic E-state index is 0.0839.